The van der Waals surface area contributed by atoms with E-state index in [-0.39, 0.29) is 30.2 Å². The van der Waals surface area contributed by atoms with Crippen molar-refractivity contribution in [3.05, 3.63) is 42.1 Å². The Bertz CT molecular complexity index is 824. The Balaban J connectivity index is 1.40. The van der Waals surface area contributed by atoms with Crippen LogP contribution in [0.25, 0.3) is 11.3 Å². The highest BCUT2D eigenvalue weighted by molar-refractivity contribution is 5.98. The molecule has 2 fully saturated rings. The summed E-state index contributed by atoms with van der Waals surface area (Å²) in [6.45, 7) is 0.682. The van der Waals surface area contributed by atoms with Gasteiger partial charge in [-0.05, 0) is 12.8 Å². The summed E-state index contributed by atoms with van der Waals surface area (Å²) in [5.41, 5.74) is 1.10. The number of ether oxygens (including phenoxy) is 1. The summed E-state index contributed by atoms with van der Waals surface area (Å²) in [7, 11) is 0. The Hall–Kier alpha value is -3.16. The minimum atomic E-state index is -0.594. The second-order valence-corrected chi connectivity index (χ2v) is 6.28. The molecule has 2 aliphatic heterocycles. The van der Waals surface area contributed by atoms with Crippen LogP contribution in [-0.2, 0) is 9.53 Å². The van der Waals surface area contributed by atoms with Gasteiger partial charge in [-0.3, -0.25) is 9.59 Å². The van der Waals surface area contributed by atoms with Crippen molar-refractivity contribution >= 4 is 17.9 Å². The van der Waals surface area contributed by atoms with Crippen molar-refractivity contribution in [2.45, 2.75) is 18.9 Å². The normalized spacial score (nSPS) is 18.3. The molecule has 2 aromatic rings. The van der Waals surface area contributed by atoms with Crippen LogP contribution in [0.3, 0.4) is 0 Å². The van der Waals surface area contributed by atoms with Crippen LogP contribution in [0.4, 0.5) is 4.79 Å². The van der Waals surface area contributed by atoms with Gasteiger partial charge in [0.15, 0.2) is 18.1 Å². The predicted octanol–water partition coefficient (Wildman–Crippen LogP) is 1.92. The van der Waals surface area contributed by atoms with Crippen molar-refractivity contribution in [2.75, 3.05) is 19.7 Å². The fourth-order valence-corrected chi connectivity index (χ4v) is 3.32. The van der Waals surface area contributed by atoms with Crippen LogP contribution in [0, 0.1) is 0 Å². The zero-order valence-corrected chi connectivity index (χ0v) is 14.0. The fourth-order valence-electron chi connectivity index (χ4n) is 3.32. The van der Waals surface area contributed by atoms with Crippen LogP contribution in [0.5, 0.6) is 0 Å². The van der Waals surface area contributed by atoms with Crippen LogP contribution >= 0.6 is 0 Å². The van der Waals surface area contributed by atoms with E-state index in [1.165, 1.54) is 4.90 Å². The number of carbonyl (C=O) groups is 3. The number of cyclic esters (lactones) is 1. The second kappa shape index (κ2) is 6.62. The number of amides is 3. The van der Waals surface area contributed by atoms with Crippen LogP contribution in [0.15, 0.2) is 40.9 Å². The number of hydrogen-bond acceptors (Lipinski definition) is 6. The van der Waals surface area contributed by atoms with Crippen LogP contribution in [-0.4, -0.2) is 58.6 Å². The molecule has 0 unspecified atom stereocenters. The van der Waals surface area contributed by atoms with Crippen LogP contribution in [0.1, 0.15) is 23.3 Å². The molecule has 3 amide bonds. The highest BCUT2D eigenvalue weighted by Gasteiger charge is 2.39. The first-order valence-electron chi connectivity index (χ1n) is 8.44. The highest BCUT2D eigenvalue weighted by atomic mass is 16.6. The molecule has 0 bridgehead atoms. The number of carbonyl (C=O) groups excluding carboxylic acids is 3. The first kappa shape index (κ1) is 16.3. The van der Waals surface area contributed by atoms with Crippen molar-refractivity contribution in [3.8, 4) is 11.3 Å². The molecule has 2 saturated heterocycles. The van der Waals surface area contributed by atoms with Gasteiger partial charge in [0, 0.05) is 30.8 Å². The molecule has 0 radical (unpaired) electrons. The van der Waals surface area contributed by atoms with Crippen LogP contribution in [0.2, 0.25) is 0 Å². The molecular formula is C18H17N3O5. The summed E-state index contributed by atoms with van der Waals surface area (Å²) in [6, 6.07) is 10.8. The number of benzene rings is 1. The van der Waals surface area contributed by atoms with Gasteiger partial charge in [-0.2, -0.15) is 0 Å². The van der Waals surface area contributed by atoms with Gasteiger partial charge in [-0.15, -0.1) is 0 Å². The molecule has 0 saturated carbocycles. The van der Waals surface area contributed by atoms with Gasteiger partial charge in [-0.1, -0.05) is 35.5 Å². The van der Waals surface area contributed by atoms with E-state index in [1.807, 2.05) is 30.3 Å². The molecule has 4 rings (SSSR count). The Labute approximate surface area is 149 Å². The van der Waals surface area contributed by atoms with Gasteiger partial charge in [0.1, 0.15) is 0 Å². The molecule has 0 N–H and O–H groups in total. The van der Waals surface area contributed by atoms with Gasteiger partial charge in [0.25, 0.3) is 11.8 Å². The van der Waals surface area contributed by atoms with Gasteiger partial charge in [-0.25, -0.2) is 9.69 Å². The largest absolute Gasteiger partial charge is 0.439 e. The maximum atomic E-state index is 12.6. The number of rotatable bonds is 3. The number of aromatic nitrogens is 1. The summed E-state index contributed by atoms with van der Waals surface area (Å²) in [5, 5.41) is 3.88. The summed E-state index contributed by atoms with van der Waals surface area (Å²) in [4.78, 5) is 38.8. The number of hydrogen-bond donors (Lipinski definition) is 0. The summed E-state index contributed by atoms with van der Waals surface area (Å²) >= 11 is 0. The SMILES string of the molecule is O=C(c1cc(-c2ccccc2)on1)N1CCC(N2C(=O)COC2=O)CC1. The molecular weight excluding hydrogens is 338 g/mol. The zero-order valence-electron chi connectivity index (χ0n) is 14.0. The molecule has 26 heavy (non-hydrogen) atoms. The Morgan fingerprint density at radius 2 is 1.85 bits per heavy atom. The predicted molar refractivity (Wildman–Crippen MR) is 89.1 cm³/mol. The monoisotopic (exact) mass is 355 g/mol. The smallest absolute Gasteiger partial charge is 0.417 e. The molecule has 0 aliphatic carbocycles. The first-order valence-corrected chi connectivity index (χ1v) is 8.44. The molecule has 3 heterocycles. The number of piperidine rings is 1. The molecule has 1 aromatic carbocycles. The average Bonchev–Trinajstić information content (AvgIpc) is 3.29. The van der Waals surface area contributed by atoms with Crippen molar-refractivity contribution in [1.82, 2.24) is 15.0 Å². The average molecular weight is 355 g/mol. The number of likely N-dealkylation sites (tertiary alicyclic amines) is 1. The summed E-state index contributed by atoms with van der Waals surface area (Å²) in [6.07, 6.45) is 0.454. The minimum absolute atomic E-state index is 0.195. The van der Waals surface area contributed by atoms with E-state index in [9.17, 15) is 14.4 Å². The molecule has 1 aromatic heterocycles. The third kappa shape index (κ3) is 2.94. The lowest BCUT2D eigenvalue weighted by Gasteiger charge is -2.34. The van der Waals surface area contributed by atoms with Crippen molar-refractivity contribution < 1.29 is 23.6 Å². The first-order chi connectivity index (χ1) is 12.6. The van der Waals surface area contributed by atoms with E-state index < -0.39 is 6.09 Å². The molecule has 0 spiro atoms. The Morgan fingerprint density at radius 1 is 1.12 bits per heavy atom. The lowest BCUT2D eigenvalue weighted by Crippen LogP contribution is -2.48. The quantitative estimate of drug-likeness (QED) is 0.835. The van der Waals surface area contributed by atoms with Crippen molar-refractivity contribution in [2.24, 2.45) is 0 Å². The van der Waals surface area contributed by atoms with Gasteiger partial charge < -0.3 is 14.2 Å². The molecule has 8 heteroatoms. The van der Waals surface area contributed by atoms with Gasteiger partial charge in [0.2, 0.25) is 0 Å². The topological polar surface area (TPSA) is 93.0 Å². The van der Waals surface area contributed by atoms with Crippen molar-refractivity contribution in [3.63, 3.8) is 0 Å². The molecule has 2 aliphatic rings. The second-order valence-electron chi connectivity index (χ2n) is 6.28. The molecule has 0 atom stereocenters. The maximum absolute atomic E-state index is 12.6. The van der Waals surface area contributed by atoms with E-state index in [0.717, 1.165) is 5.56 Å². The zero-order chi connectivity index (χ0) is 18.1. The lowest BCUT2D eigenvalue weighted by molar-refractivity contribution is -0.127. The summed E-state index contributed by atoms with van der Waals surface area (Å²) < 4.78 is 10.0. The maximum Gasteiger partial charge on any atom is 0.417 e. The third-order valence-electron chi connectivity index (χ3n) is 4.69. The Morgan fingerprint density at radius 3 is 2.50 bits per heavy atom. The lowest BCUT2D eigenvalue weighted by atomic mass is 10.0. The fraction of sp³-hybridized carbons (Fsp3) is 0.333. The molecule has 8 nitrogen and oxygen atoms in total. The van der Waals surface area contributed by atoms with Gasteiger partial charge in [0.05, 0.1) is 0 Å². The minimum Gasteiger partial charge on any atom is -0.439 e. The van der Waals surface area contributed by atoms with E-state index in [1.54, 1.807) is 11.0 Å². The standard InChI is InChI=1S/C18H17N3O5/c22-16-11-25-18(24)21(16)13-6-8-20(9-7-13)17(23)14-10-15(26-19-14)12-4-2-1-3-5-12/h1-5,10,13H,6-9,11H2. The van der Waals surface area contributed by atoms with E-state index >= 15 is 0 Å². The van der Waals surface area contributed by atoms with Crippen molar-refractivity contribution in [1.29, 1.82) is 0 Å². The Kier molecular flexibility index (Phi) is 4.16. The van der Waals surface area contributed by atoms with Gasteiger partial charge >= 0.3 is 6.09 Å². The number of imide groups is 1. The molecule has 134 valence electrons. The van der Waals surface area contributed by atoms with E-state index in [4.69, 9.17) is 9.26 Å². The summed E-state index contributed by atoms with van der Waals surface area (Å²) in [5.74, 6) is 0.00253. The number of nitrogens with zero attached hydrogens (tertiary/aromatic N) is 3. The van der Waals surface area contributed by atoms with E-state index in [0.29, 0.717) is 31.7 Å². The third-order valence-corrected chi connectivity index (χ3v) is 4.69. The highest BCUT2D eigenvalue weighted by Crippen LogP contribution is 2.24. The van der Waals surface area contributed by atoms with E-state index in [2.05, 4.69) is 5.16 Å². The van der Waals surface area contributed by atoms with Crippen LogP contribution < -0.4 is 0 Å².